The lowest BCUT2D eigenvalue weighted by Gasteiger charge is -2.31. The van der Waals surface area contributed by atoms with Crippen molar-refractivity contribution in [2.45, 2.75) is 24.7 Å². The van der Waals surface area contributed by atoms with Crippen molar-refractivity contribution in [3.05, 3.63) is 54.2 Å². The quantitative estimate of drug-likeness (QED) is 0.824. The zero-order chi connectivity index (χ0) is 17.0. The van der Waals surface area contributed by atoms with Crippen molar-refractivity contribution in [2.75, 3.05) is 13.1 Å². The Hall–Kier alpha value is -2.06. The van der Waals surface area contributed by atoms with E-state index in [1.165, 1.54) is 22.8 Å². The first kappa shape index (κ1) is 16.8. The lowest BCUT2D eigenvalue weighted by molar-refractivity contribution is 0.129. The highest BCUT2D eigenvalue weighted by molar-refractivity contribution is 7.88. The van der Waals surface area contributed by atoms with Gasteiger partial charge in [0.05, 0.1) is 5.75 Å². The standard InChI is InChI=1S/C16H18FN3O3S/c17-15-4-2-1-3-13(15)11-24(21,22)20-9-6-14(7-10-20)23-16-5-8-18-12-19-16/h1-5,8,12,14H,6-7,9-11H2. The summed E-state index contributed by atoms with van der Waals surface area (Å²) in [5, 5.41) is 0. The van der Waals surface area contributed by atoms with Gasteiger partial charge in [-0.3, -0.25) is 0 Å². The van der Waals surface area contributed by atoms with Crippen LogP contribution < -0.4 is 4.74 Å². The monoisotopic (exact) mass is 351 g/mol. The number of rotatable bonds is 5. The number of piperidine rings is 1. The molecule has 3 rings (SSSR count). The van der Waals surface area contributed by atoms with Crippen LogP contribution in [0.1, 0.15) is 18.4 Å². The van der Waals surface area contributed by atoms with Gasteiger partial charge in [0, 0.05) is 30.9 Å². The van der Waals surface area contributed by atoms with Crippen LogP contribution in [0.25, 0.3) is 0 Å². The number of hydrogen-bond acceptors (Lipinski definition) is 5. The zero-order valence-electron chi connectivity index (χ0n) is 13.0. The Labute approximate surface area is 140 Å². The summed E-state index contributed by atoms with van der Waals surface area (Å²) < 4.78 is 45.7. The molecule has 1 aliphatic rings. The molecule has 0 radical (unpaired) electrons. The predicted octanol–water partition coefficient (Wildman–Crippen LogP) is 1.99. The van der Waals surface area contributed by atoms with Crippen LogP contribution in [-0.4, -0.2) is 41.9 Å². The number of benzene rings is 1. The van der Waals surface area contributed by atoms with Crippen LogP contribution in [-0.2, 0) is 15.8 Å². The summed E-state index contributed by atoms with van der Waals surface area (Å²) in [7, 11) is -3.54. The molecular formula is C16H18FN3O3S. The average molecular weight is 351 g/mol. The van der Waals surface area contributed by atoms with Gasteiger partial charge in [0.2, 0.25) is 15.9 Å². The Balaban J connectivity index is 1.58. The van der Waals surface area contributed by atoms with E-state index in [-0.39, 0.29) is 17.4 Å². The topological polar surface area (TPSA) is 72.4 Å². The molecule has 128 valence electrons. The Bertz CT molecular complexity index is 778. The molecule has 1 saturated heterocycles. The van der Waals surface area contributed by atoms with Crippen molar-refractivity contribution in [3.8, 4) is 5.88 Å². The summed E-state index contributed by atoms with van der Waals surface area (Å²) in [5.74, 6) is -0.336. The van der Waals surface area contributed by atoms with Crippen LogP contribution in [0.3, 0.4) is 0 Å². The van der Waals surface area contributed by atoms with Crippen LogP contribution in [0.15, 0.2) is 42.9 Å². The highest BCUT2D eigenvalue weighted by Gasteiger charge is 2.29. The number of ether oxygens (including phenoxy) is 1. The van der Waals surface area contributed by atoms with E-state index in [0.717, 1.165) is 0 Å². The van der Waals surface area contributed by atoms with Crippen molar-refractivity contribution in [3.63, 3.8) is 0 Å². The van der Waals surface area contributed by atoms with Crippen molar-refractivity contribution in [1.82, 2.24) is 14.3 Å². The second-order valence-corrected chi connectivity index (χ2v) is 7.58. The van der Waals surface area contributed by atoms with E-state index in [1.54, 1.807) is 24.4 Å². The first-order valence-corrected chi connectivity index (χ1v) is 9.29. The summed E-state index contributed by atoms with van der Waals surface area (Å²) >= 11 is 0. The highest BCUT2D eigenvalue weighted by atomic mass is 32.2. The van der Waals surface area contributed by atoms with Gasteiger partial charge in [-0.2, -0.15) is 0 Å². The molecule has 0 N–H and O–H groups in total. The molecule has 1 aromatic heterocycles. The van der Waals surface area contributed by atoms with E-state index in [0.29, 0.717) is 31.8 Å². The molecule has 8 heteroatoms. The number of sulfonamides is 1. The smallest absolute Gasteiger partial charge is 0.218 e. The van der Waals surface area contributed by atoms with Gasteiger partial charge in [0.25, 0.3) is 0 Å². The zero-order valence-corrected chi connectivity index (χ0v) is 13.8. The summed E-state index contributed by atoms with van der Waals surface area (Å²) in [6, 6.07) is 7.61. The molecule has 1 aliphatic heterocycles. The molecule has 1 fully saturated rings. The summed E-state index contributed by atoms with van der Waals surface area (Å²) in [4.78, 5) is 7.82. The molecule has 1 aromatic carbocycles. The molecule has 2 aromatic rings. The van der Waals surface area contributed by atoms with Crippen LogP contribution in [0.2, 0.25) is 0 Å². The highest BCUT2D eigenvalue weighted by Crippen LogP contribution is 2.21. The molecule has 0 amide bonds. The summed E-state index contributed by atoms with van der Waals surface area (Å²) in [6.45, 7) is 0.707. The van der Waals surface area contributed by atoms with Gasteiger partial charge in [0.15, 0.2) is 0 Å². The fourth-order valence-corrected chi connectivity index (χ4v) is 4.23. The van der Waals surface area contributed by atoms with Gasteiger partial charge in [0.1, 0.15) is 18.2 Å². The number of aromatic nitrogens is 2. The maximum atomic E-state index is 13.7. The molecule has 6 nitrogen and oxygen atoms in total. The van der Waals surface area contributed by atoms with Crippen LogP contribution in [0, 0.1) is 5.82 Å². The van der Waals surface area contributed by atoms with Gasteiger partial charge < -0.3 is 4.74 Å². The Morgan fingerprint density at radius 1 is 1.21 bits per heavy atom. The van der Waals surface area contributed by atoms with Crippen molar-refractivity contribution < 1.29 is 17.5 Å². The van der Waals surface area contributed by atoms with E-state index in [1.807, 2.05) is 0 Å². The van der Waals surface area contributed by atoms with E-state index >= 15 is 0 Å². The van der Waals surface area contributed by atoms with Crippen LogP contribution >= 0.6 is 0 Å². The maximum Gasteiger partial charge on any atom is 0.218 e. The molecule has 0 bridgehead atoms. The lowest BCUT2D eigenvalue weighted by atomic mass is 10.1. The number of hydrogen-bond donors (Lipinski definition) is 0. The van der Waals surface area contributed by atoms with E-state index in [9.17, 15) is 12.8 Å². The van der Waals surface area contributed by atoms with Crippen molar-refractivity contribution in [1.29, 1.82) is 0 Å². The van der Waals surface area contributed by atoms with Crippen molar-refractivity contribution >= 4 is 10.0 Å². The third-order valence-corrected chi connectivity index (χ3v) is 5.76. The van der Waals surface area contributed by atoms with E-state index in [2.05, 4.69) is 9.97 Å². The summed E-state index contributed by atoms with van der Waals surface area (Å²) in [6.07, 6.45) is 4.06. The molecule has 0 aliphatic carbocycles. The third kappa shape index (κ3) is 4.07. The molecule has 0 atom stereocenters. The molecule has 0 saturated carbocycles. The molecular weight excluding hydrogens is 333 g/mol. The third-order valence-electron chi connectivity index (χ3n) is 3.93. The van der Waals surface area contributed by atoms with E-state index < -0.39 is 15.8 Å². The molecule has 2 heterocycles. The fourth-order valence-electron chi connectivity index (χ4n) is 2.65. The molecule has 24 heavy (non-hydrogen) atoms. The van der Waals surface area contributed by atoms with Crippen LogP contribution in [0.4, 0.5) is 4.39 Å². The van der Waals surface area contributed by atoms with E-state index in [4.69, 9.17) is 4.74 Å². The summed E-state index contributed by atoms with van der Waals surface area (Å²) in [5.41, 5.74) is 0.192. The predicted molar refractivity (Wildman–Crippen MR) is 86.3 cm³/mol. The van der Waals surface area contributed by atoms with Gasteiger partial charge in [-0.05, 0) is 18.9 Å². The average Bonchev–Trinajstić information content (AvgIpc) is 2.58. The van der Waals surface area contributed by atoms with Gasteiger partial charge >= 0.3 is 0 Å². The first-order valence-electron chi connectivity index (χ1n) is 7.68. The fraction of sp³-hybridized carbons (Fsp3) is 0.375. The number of halogens is 1. The molecule has 0 spiro atoms. The van der Waals surface area contributed by atoms with Gasteiger partial charge in [-0.1, -0.05) is 18.2 Å². The minimum absolute atomic E-state index is 0.0835. The Kier molecular flexibility index (Phi) is 5.06. The first-order chi connectivity index (χ1) is 11.5. The van der Waals surface area contributed by atoms with Crippen LogP contribution in [0.5, 0.6) is 5.88 Å². The normalized spacial score (nSPS) is 16.9. The lowest BCUT2D eigenvalue weighted by Crippen LogP contribution is -2.42. The Morgan fingerprint density at radius 3 is 2.62 bits per heavy atom. The second kappa shape index (κ2) is 7.23. The SMILES string of the molecule is O=S(=O)(Cc1ccccc1F)N1CCC(Oc2ccncn2)CC1. The number of nitrogens with zero attached hydrogens (tertiary/aromatic N) is 3. The molecule has 0 unspecified atom stereocenters. The van der Waals surface area contributed by atoms with Crippen molar-refractivity contribution in [2.24, 2.45) is 0 Å². The second-order valence-electron chi connectivity index (χ2n) is 5.61. The maximum absolute atomic E-state index is 13.7. The minimum Gasteiger partial charge on any atom is -0.474 e. The minimum atomic E-state index is -3.54. The van der Waals surface area contributed by atoms with Gasteiger partial charge in [-0.15, -0.1) is 0 Å². The van der Waals surface area contributed by atoms with Gasteiger partial charge in [-0.25, -0.2) is 27.1 Å². The Morgan fingerprint density at radius 2 is 1.96 bits per heavy atom. The largest absolute Gasteiger partial charge is 0.474 e.